The van der Waals surface area contributed by atoms with Gasteiger partial charge in [-0.05, 0) is 31.5 Å². The van der Waals surface area contributed by atoms with Crippen LogP contribution in [0.25, 0.3) is 0 Å². The summed E-state index contributed by atoms with van der Waals surface area (Å²) in [5.74, 6) is 0.687. The number of aliphatic hydroxyl groups excluding tert-OH is 1. The highest BCUT2D eigenvalue weighted by molar-refractivity contribution is 5.93. The third kappa shape index (κ3) is 2.26. The van der Waals surface area contributed by atoms with Crippen LogP contribution in [0.3, 0.4) is 0 Å². The van der Waals surface area contributed by atoms with Gasteiger partial charge in [-0.3, -0.25) is 4.79 Å². The first-order valence-corrected chi connectivity index (χ1v) is 5.76. The summed E-state index contributed by atoms with van der Waals surface area (Å²) in [5.41, 5.74) is 1.53. The molecule has 2 unspecified atom stereocenters. The molecule has 1 aliphatic rings. The van der Waals surface area contributed by atoms with E-state index in [0.29, 0.717) is 12.3 Å². The number of rotatable bonds is 1. The van der Waals surface area contributed by atoms with Crippen LogP contribution in [0.15, 0.2) is 18.2 Å². The summed E-state index contributed by atoms with van der Waals surface area (Å²) < 4.78 is 5.67. The van der Waals surface area contributed by atoms with Crippen molar-refractivity contribution in [2.45, 2.75) is 33.0 Å². The van der Waals surface area contributed by atoms with Crippen LogP contribution in [-0.4, -0.2) is 23.7 Å². The van der Waals surface area contributed by atoms with Crippen molar-refractivity contribution in [3.63, 3.8) is 0 Å². The van der Waals surface area contributed by atoms with Crippen LogP contribution in [0, 0.1) is 0 Å². The van der Waals surface area contributed by atoms with E-state index in [1.807, 2.05) is 25.1 Å². The molecule has 4 heteroatoms. The molecule has 1 N–H and O–H groups in total. The summed E-state index contributed by atoms with van der Waals surface area (Å²) in [7, 11) is 0. The Bertz CT molecular complexity index is 442. The van der Waals surface area contributed by atoms with Gasteiger partial charge in [0.15, 0.2) is 0 Å². The second kappa shape index (κ2) is 4.37. The molecule has 0 radical (unpaired) electrons. The highest BCUT2D eigenvalue weighted by Crippen LogP contribution is 2.35. The SMILES string of the molecule is CC(=O)N1CC(C)Oc2ccc(C(C)O)cc21. The standard InChI is InChI=1S/C13H17NO3/c1-8-7-14(10(3)16)12-6-11(9(2)15)4-5-13(12)17-8/h4-6,8-9,15H,7H2,1-3H3. The van der Waals surface area contributed by atoms with Crippen molar-refractivity contribution in [2.75, 3.05) is 11.4 Å². The zero-order valence-electron chi connectivity index (χ0n) is 10.3. The fourth-order valence-corrected chi connectivity index (χ4v) is 2.01. The van der Waals surface area contributed by atoms with Gasteiger partial charge in [0.05, 0.1) is 18.3 Å². The van der Waals surface area contributed by atoms with Crippen LogP contribution in [-0.2, 0) is 4.79 Å². The Morgan fingerprint density at radius 1 is 1.59 bits per heavy atom. The van der Waals surface area contributed by atoms with E-state index in [4.69, 9.17) is 4.74 Å². The Balaban J connectivity index is 2.46. The molecule has 1 aromatic carbocycles. The molecule has 92 valence electrons. The lowest BCUT2D eigenvalue weighted by molar-refractivity contribution is -0.117. The van der Waals surface area contributed by atoms with Gasteiger partial charge in [-0.2, -0.15) is 0 Å². The zero-order chi connectivity index (χ0) is 12.6. The van der Waals surface area contributed by atoms with E-state index in [2.05, 4.69) is 0 Å². The molecule has 2 rings (SSSR count). The van der Waals surface area contributed by atoms with E-state index in [9.17, 15) is 9.90 Å². The Morgan fingerprint density at radius 2 is 2.29 bits per heavy atom. The number of fused-ring (bicyclic) bond motifs is 1. The fraction of sp³-hybridized carbons (Fsp3) is 0.462. The van der Waals surface area contributed by atoms with Crippen LogP contribution >= 0.6 is 0 Å². The Labute approximate surface area is 101 Å². The van der Waals surface area contributed by atoms with Gasteiger partial charge < -0.3 is 14.7 Å². The summed E-state index contributed by atoms with van der Waals surface area (Å²) >= 11 is 0. The molecule has 0 saturated carbocycles. The molecule has 0 bridgehead atoms. The fourth-order valence-electron chi connectivity index (χ4n) is 2.01. The van der Waals surface area contributed by atoms with Gasteiger partial charge >= 0.3 is 0 Å². The van der Waals surface area contributed by atoms with Gasteiger partial charge in [-0.1, -0.05) is 6.07 Å². The normalized spacial score (nSPS) is 20.5. The molecule has 0 aliphatic carbocycles. The lowest BCUT2D eigenvalue weighted by Gasteiger charge is -2.33. The number of ether oxygens (including phenoxy) is 1. The highest BCUT2D eigenvalue weighted by Gasteiger charge is 2.26. The molecule has 1 aromatic rings. The van der Waals surface area contributed by atoms with Gasteiger partial charge in [0.2, 0.25) is 5.91 Å². The summed E-state index contributed by atoms with van der Waals surface area (Å²) in [6, 6.07) is 5.44. The van der Waals surface area contributed by atoms with E-state index in [1.54, 1.807) is 11.8 Å². The summed E-state index contributed by atoms with van der Waals surface area (Å²) in [6.45, 7) is 5.72. The van der Waals surface area contributed by atoms with Crippen molar-refractivity contribution in [1.82, 2.24) is 0 Å². The molecular weight excluding hydrogens is 218 g/mol. The van der Waals surface area contributed by atoms with Crippen molar-refractivity contribution < 1.29 is 14.6 Å². The largest absolute Gasteiger partial charge is 0.487 e. The summed E-state index contributed by atoms with van der Waals surface area (Å²) in [4.78, 5) is 13.3. The maximum absolute atomic E-state index is 11.6. The van der Waals surface area contributed by atoms with Crippen LogP contribution < -0.4 is 9.64 Å². The molecule has 0 spiro atoms. The third-order valence-corrected chi connectivity index (χ3v) is 2.90. The maximum atomic E-state index is 11.6. The third-order valence-electron chi connectivity index (χ3n) is 2.90. The zero-order valence-corrected chi connectivity index (χ0v) is 10.3. The average Bonchev–Trinajstić information content (AvgIpc) is 2.26. The molecule has 0 saturated heterocycles. The topological polar surface area (TPSA) is 49.8 Å². The van der Waals surface area contributed by atoms with Gasteiger partial charge in [-0.25, -0.2) is 0 Å². The van der Waals surface area contributed by atoms with Crippen LogP contribution in [0.2, 0.25) is 0 Å². The number of aliphatic hydroxyl groups is 1. The Kier molecular flexibility index (Phi) is 3.07. The number of nitrogens with zero attached hydrogens (tertiary/aromatic N) is 1. The first-order chi connectivity index (χ1) is 7.99. The van der Waals surface area contributed by atoms with Gasteiger partial charge in [0.1, 0.15) is 11.9 Å². The van der Waals surface area contributed by atoms with Crippen LogP contribution in [0.1, 0.15) is 32.4 Å². The predicted molar refractivity (Wildman–Crippen MR) is 65.2 cm³/mol. The second-order valence-corrected chi connectivity index (χ2v) is 4.46. The monoisotopic (exact) mass is 235 g/mol. The average molecular weight is 235 g/mol. The number of benzene rings is 1. The molecule has 0 fully saturated rings. The minimum absolute atomic E-state index is 0.0101. The van der Waals surface area contributed by atoms with E-state index in [0.717, 1.165) is 11.3 Å². The van der Waals surface area contributed by atoms with E-state index in [1.165, 1.54) is 6.92 Å². The number of carbonyl (C=O) groups is 1. The highest BCUT2D eigenvalue weighted by atomic mass is 16.5. The molecular formula is C13H17NO3. The molecule has 17 heavy (non-hydrogen) atoms. The molecule has 1 amide bonds. The quantitative estimate of drug-likeness (QED) is 0.808. The van der Waals surface area contributed by atoms with Gasteiger partial charge in [0.25, 0.3) is 0 Å². The van der Waals surface area contributed by atoms with Crippen LogP contribution in [0.4, 0.5) is 5.69 Å². The Morgan fingerprint density at radius 3 is 2.88 bits per heavy atom. The number of anilines is 1. The van der Waals surface area contributed by atoms with Crippen molar-refractivity contribution >= 4 is 11.6 Å². The van der Waals surface area contributed by atoms with Crippen molar-refractivity contribution in [3.05, 3.63) is 23.8 Å². The second-order valence-electron chi connectivity index (χ2n) is 4.46. The number of carbonyl (C=O) groups excluding carboxylic acids is 1. The Hall–Kier alpha value is -1.55. The minimum Gasteiger partial charge on any atom is -0.487 e. The molecule has 4 nitrogen and oxygen atoms in total. The van der Waals surface area contributed by atoms with Crippen molar-refractivity contribution in [3.8, 4) is 5.75 Å². The van der Waals surface area contributed by atoms with Crippen molar-refractivity contribution in [2.24, 2.45) is 0 Å². The first kappa shape index (κ1) is 11.9. The molecule has 1 aliphatic heterocycles. The first-order valence-electron chi connectivity index (χ1n) is 5.76. The molecule has 2 atom stereocenters. The van der Waals surface area contributed by atoms with Gasteiger partial charge in [0, 0.05) is 6.92 Å². The van der Waals surface area contributed by atoms with E-state index >= 15 is 0 Å². The summed E-state index contributed by atoms with van der Waals surface area (Å²) in [6.07, 6.45) is -0.558. The summed E-state index contributed by atoms with van der Waals surface area (Å²) in [5, 5.41) is 9.56. The number of hydrogen-bond acceptors (Lipinski definition) is 3. The van der Waals surface area contributed by atoms with Gasteiger partial charge in [-0.15, -0.1) is 0 Å². The lowest BCUT2D eigenvalue weighted by Crippen LogP contribution is -2.41. The predicted octanol–water partition coefficient (Wildman–Crippen LogP) is 1.87. The van der Waals surface area contributed by atoms with E-state index < -0.39 is 6.10 Å². The smallest absolute Gasteiger partial charge is 0.224 e. The maximum Gasteiger partial charge on any atom is 0.224 e. The molecule has 1 heterocycles. The lowest BCUT2D eigenvalue weighted by atomic mass is 10.1. The number of amides is 1. The van der Waals surface area contributed by atoms with E-state index in [-0.39, 0.29) is 12.0 Å². The van der Waals surface area contributed by atoms with Crippen molar-refractivity contribution in [1.29, 1.82) is 0 Å². The minimum atomic E-state index is -0.548. The number of hydrogen-bond donors (Lipinski definition) is 1. The van der Waals surface area contributed by atoms with Crippen LogP contribution in [0.5, 0.6) is 5.75 Å². The molecule has 0 aromatic heterocycles.